The Balaban J connectivity index is 1.82. The SMILES string of the molecule is CCn1c(=O)c(C)nc2cc(C(=O)NNC(=O)c3ccccc3)ccc21. The van der Waals surface area contributed by atoms with Crippen LogP contribution in [0.5, 0.6) is 0 Å². The van der Waals surface area contributed by atoms with Crippen LogP contribution in [-0.2, 0) is 6.54 Å². The van der Waals surface area contributed by atoms with Gasteiger partial charge in [-0.05, 0) is 44.2 Å². The predicted molar refractivity (Wildman–Crippen MR) is 97.8 cm³/mol. The summed E-state index contributed by atoms with van der Waals surface area (Å²) >= 11 is 0. The molecule has 0 atom stereocenters. The van der Waals surface area contributed by atoms with Crippen LogP contribution in [0, 0.1) is 6.92 Å². The van der Waals surface area contributed by atoms with Gasteiger partial charge in [0, 0.05) is 17.7 Å². The molecule has 132 valence electrons. The van der Waals surface area contributed by atoms with E-state index in [1.807, 2.05) is 6.92 Å². The Kier molecular flexibility index (Phi) is 4.79. The van der Waals surface area contributed by atoms with Crippen LogP contribution < -0.4 is 16.4 Å². The highest BCUT2D eigenvalue weighted by molar-refractivity contribution is 6.00. The van der Waals surface area contributed by atoms with Gasteiger partial charge in [-0.2, -0.15) is 0 Å². The molecule has 0 spiro atoms. The van der Waals surface area contributed by atoms with E-state index in [0.717, 1.165) is 0 Å². The second-order valence-electron chi connectivity index (χ2n) is 5.72. The number of carbonyl (C=O) groups excluding carboxylic acids is 2. The average Bonchev–Trinajstić information content (AvgIpc) is 2.67. The van der Waals surface area contributed by atoms with Crippen LogP contribution in [-0.4, -0.2) is 21.4 Å². The van der Waals surface area contributed by atoms with E-state index in [9.17, 15) is 14.4 Å². The quantitative estimate of drug-likeness (QED) is 0.705. The zero-order valence-electron chi connectivity index (χ0n) is 14.4. The lowest BCUT2D eigenvalue weighted by molar-refractivity contribution is 0.0847. The second-order valence-corrected chi connectivity index (χ2v) is 5.72. The Morgan fingerprint density at radius 2 is 1.65 bits per heavy atom. The van der Waals surface area contributed by atoms with Gasteiger partial charge in [-0.25, -0.2) is 4.98 Å². The van der Waals surface area contributed by atoms with Gasteiger partial charge < -0.3 is 4.57 Å². The molecule has 2 amide bonds. The first-order valence-electron chi connectivity index (χ1n) is 8.18. The molecule has 2 N–H and O–H groups in total. The molecule has 26 heavy (non-hydrogen) atoms. The molecule has 3 rings (SSSR count). The van der Waals surface area contributed by atoms with Crippen LogP contribution in [0.2, 0.25) is 0 Å². The maximum absolute atomic E-state index is 12.3. The van der Waals surface area contributed by atoms with Crippen LogP contribution in [0.4, 0.5) is 0 Å². The first-order chi connectivity index (χ1) is 12.5. The number of nitrogens with zero attached hydrogens (tertiary/aromatic N) is 2. The highest BCUT2D eigenvalue weighted by Crippen LogP contribution is 2.13. The summed E-state index contributed by atoms with van der Waals surface area (Å²) in [5.74, 6) is -0.876. The molecule has 7 heteroatoms. The van der Waals surface area contributed by atoms with Gasteiger partial charge >= 0.3 is 0 Å². The van der Waals surface area contributed by atoms with Gasteiger partial charge in [0.05, 0.1) is 11.0 Å². The summed E-state index contributed by atoms with van der Waals surface area (Å²) < 4.78 is 1.61. The first-order valence-corrected chi connectivity index (χ1v) is 8.18. The molecule has 0 aliphatic rings. The number of aryl methyl sites for hydroxylation is 2. The predicted octanol–water partition coefficient (Wildman–Crippen LogP) is 1.80. The smallest absolute Gasteiger partial charge is 0.272 e. The van der Waals surface area contributed by atoms with Gasteiger partial charge in [-0.1, -0.05) is 18.2 Å². The Bertz CT molecular complexity index is 1040. The lowest BCUT2D eigenvalue weighted by Gasteiger charge is -2.11. The molecule has 0 saturated carbocycles. The van der Waals surface area contributed by atoms with Crippen LogP contribution >= 0.6 is 0 Å². The number of benzene rings is 2. The van der Waals surface area contributed by atoms with E-state index < -0.39 is 11.8 Å². The monoisotopic (exact) mass is 350 g/mol. The summed E-state index contributed by atoms with van der Waals surface area (Å²) in [5.41, 5.74) is 6.96. The number of aromatic nitrogens is 2. The number of carbonyl (C=O) groups is 2. The van der Waals surface area contributed by atoms with Crippen molar-refractivity contribution in [3.8, 4) is 0 Å². The van der Waals surface area contributed by atoms with Crippen LogP contribution in [0.25, 0.3) is 11.0 Å². The molecule has 1 heterocycles. The van der Waals surface area contributed by atoms with E-state index in [0.29, 0.717) is 34.4 Å². The average molecular weight is 350 g/mol. The van der Waals surface area contributed by atoms with Crippen molar-refractivity contribution in [2.24, 2.45) is 0 Å². The fourth-order valence-corrected chi connectivity index (χ4v) is 2.68. The second kappa shape index (κ2) is 7.18. The summed E-state index contributed by atoms with van der Waals surface area (Å²) in [5, 5.41) is 0. The third-order valence-electron chi connectivity index (χ3n) is 4.01. The zero-order chi connectivity index (χ0) is 18.7. The lowest BCUT2D eigenvalue weighted by atomic mass is 10.1. The van der Waals surface area contributed by atoms with Crippen molar-refractivity contribution in [1.82, 2.24) is 20.4 Å². The van der Waals surface area contributed by atoms with Crippen molar-refractivity contribution in [2.45, 2.75) is 20.4 Å². The summed E-state index contributed by atoms with van der Waals surface area (Å²) in [7, 11) is 0. The van der Waals surface area contributed by atoms with Crippen molar-refractivity contribution in [2.75, 3.05) is 0 Å². The maximum Gasteiger partial charge on any atom is 0.272 e. The summed E-state index contributed by atoms with van der Waals surface area (Å²) in [4.78, 5) is 40.7. The summed E-state index contributed by atoms with van der Waals surface area (Å²) in [6.45, 7) is 4.03. The van der Waals surface area contributed by atoms with Gasteiger partial charge in [-0.3, -0.25) is 25.2 Å². The van der Waals surface area contributed by atoms with Crippen LogP contribution in [0.1, 0.15) is 33.3 Å². The number of amides is 2. The number of hydrogen-bond acceptors (Lipinski definition) is 4. The Morgan fingerprint density at radius 3 is 2.31 bits per heavy atom. The van der Waals surface area contributed by atoms with E-state index in [4.69, 9.17) is 0 Å². The number of rotatable bonds is 3. The molecule has 1 aromatic heterocycles. The minimum atomic E-state index is -0.468. The molecular weight excluding hydrogens is 332 g/mol. The minimum Gasteiger partial charge on any atom is -0.305 e. The largest absolute Gasteiger partial charge is 0.305 e. The van der Waals surface area contributed by atoms with E-state index in [1.54, 1.807) is 60.0 Å². The topological polar surface area (TPSA) is 93.1 Å². The number of hydrogen-bond donors (Lipinski definition) is 2. The Morgan fingerprint density at radius 1 is 1.00 bits per heavy atom. The summed E-state index contributed by atoms with van der Waals surface area (Å²) in [6.07, 6.45) is 0. The highest BCUT2D eigenvalue weighted by atomic mass is 16.2. The highest BCUT2D eigenvalue weighted by Gasteiger charge is 2.12. The molecule has 0 fully saturated rings. The van der Waals surface area contributed by atoms with E-state index in [-0.39, 0.29) is 5.56 Å². The Labute approximate surface area is 149 Å². The normalized spacial score (nSPS) is 10.5. The summed E-state index contributed by atoms with van der Waals surface area (Å²) in [6, 6.07) is 13.4. The van der Waals surface area contributed by atoms with Gasteiger partial charge in [0.15, 0.2) is 0 Å². The van der Waals surface area contributed by atoms with Crippen molar-refractivity contribution in [1.29, 1.82) is 0 Å². The molecule has 2 aromatic carbocycles. The fraction of sp³-hybridized carbons (Fsp3) is 0.158. The zero-order valence-corrected chi connectivity index (χ0v) is 14.4. The van der Waals surface area contributed by atoms with Crippen molar-refractivity contribution < 1.29 is 9.59 Å². The molecular formula is C19H18N4O3. The standard InChI is InChI=1S/C19H18N4O3/c1-3-23-16-10-9-14(11-15(16)20-12(2)19(23)26)18(25)22-21-17(24)13-7-5-4-6-8-13/h4-11H,3H2,1-2H3,(H,21,24)(H,22,25). The molecule has 3 aromatic rings. The lowest BCUT2D eigenvalue weighted by Crippen LogP contribution is -2.41. The third-order valence-corrected chi connectivity index (χ3v) is 4.01. The van der Waals surface area contributed by atoms with E-state index in [2.05, 4.69) is 15.8 Å². The number of nitrogens with one attached hydrogen (secondary N) is 2. The molecule has 0 saturated heterocycles. The van der Waals surface area contributed by atoms with Crippen molar-refractivity contribution >= 4 is 22.8 Å². The number of fused-ring (bicyclic) bond motifs is 1. The van der Waals surface area contributed by atoms with E-state index >= 15 is 0 Å². The molecule has 0 unspecified atom stereocenters. The Hall–Kier alpha value is -3.48. The van der Waals surface area contributed by atoms with E-state index in [1.165, 1.54) is 0 Å². The number of hydrazine groups is 1. The molecule has 0 bridgehead atoms. The molecule has 0 radical (unpaired) electrons. The third kappa shape index (κ3) is 3.32. The first kappa shape index (κ1) is 17.3. The van der Waals surface area contributed by atoms with Gasteiger partial charge in [-0.15, -0.1) is 0 Å². The fourth-order valence-electron chi connectivity index (χ4n) is 2.68. The van der Waals surface area contributed by atoms with Gasteiger partial charge in [0.2, 0.25) is 0 Å². The van der Waals surface area contributed by atoms with Gasteiger partial charge in [0.1, 0.15) is 5.69 Å². The van der Waals surface area contributed by atoms with Crippen molar-refractivity contribution in [3.63, 3.8) is 0 Å². The van der Waals surface area contributed by atoms with Gasteiger partial charge in [0.25, 0.3) is 17.4 Å². The minimum absolute atomic E-state index is 0.146. The van der Waals surface area contributed by atoms with Crippen molar-refractivity contribution in [3.05, 3.63) is 75.7 Å². The molecule has 7 nitrogen and oxygen atoms in total. The van der Waals surface area contributed by atoms with Crippen LogP contribution in [0.15, 0.2) is 53.3 Å². The molecule has 0 aliphatic heterocycles. The maximum atomic E-state index is 12.3. The van der Waals surface area contributed by atoms with Crippen LogP contribution in [0.3, 0.4) is 0 Å². The molecule has 0 aliphatic carbocycles.